The molecule has 0 spiro atoms. The van der Waals surface area contributed by atoms with Crippen LogP contribution in [0.1, 0.15) is 54.5 Å². The number of carboxylic acid groups (broad SMARTS) is 1. The van der Waals surface area contributed by atoms with E-state index in [4.69, 9.17) is 0 Å². The minimum atomic E-state index is -0.828. The van der Waals surface area contributed by atoms with Crippen LogP contribution in [-0.2, 0) is 34.3 Å². The molecule has 2 aliphatic carbocycles. The number of halogens is 1. The summed E-state index contributed by atoms with van der Waals surface area (Å²) in [5.74, 6) is -0.998. The lowest BCUT2D eigenvalue weighted by Gasteiger charge is -2.38. The maximum Gasteiger partial charge on any atom is 0.307 e. The van der Waals surface area contributed by atoms with Crippen molar-refractivity contribution in [2.24, 2.45) is 0 Å². The third-order valence-electron chi connectivity index (χ3n) is 7.79. The first-order chi connectivity index (χ1) is 15.9. The molecule has 0 unspecified atom stereocenters. The van der Waals surface area contributed by atoms with E-state index in [1.807, 2.05) is 36.3 Å². The van der Waals surface area contributed by atoms with Crippen LogP contribution in [0.2, 0.25) is 0 Å². The second-order valence-corrected chi connectivity index (χ2v) is 9.54. The van der Waals surface area contributed by atoms with Gasteiger partial charge in [0.15, 0.2) is 0 Å². The number of carboxylic acids is 1. The highest BCUT2D eigenvalue weighted by molar-refractivity contribution is 5.89. The molecule has 5 rings (SSSR count). The summed E-state index contributed by atoms with van der Waals surface area (Å²) >= 11 is 0. The zero-order chi connectivity index (χ0) is 23.2. The maximum atomic E-state index is 13.9. The van der Waals surface area contributed by atoms with E-state index in [0.29, 0.717) is 6.42 Å². The lowest BCUT2D eigenvalue weighted by Crippen LogP contribution is -2.49. The number of pyridine rings is 1. The molecule has 1 fully saturated rings. The van der Waals surface area contributed by atoms with Crippen molar-refractivity contribution < 1.29 is 19.1 Å². The van der Waals surface area contributed by atoms with Gasteiger partial charge in [0.2, 0.25) is 5.91 Å². The standard InChI is InChI=1S/C27H29FN2O3/c1-29(26(33)27(13-3-4-14-27)18-7-9-19(28)10-8-18)20-11-12-21-22(17-25(31)32)23-6-2-5-15-30(23)24(21)16-20/h2,5-10,15,20H,3-4,11-14,16-17H2,1H3,(H,31,32)/t20-/m1/s1. The Labute approximate surface area is 192 Å². The Morgan fingerprint density at radius 1 is 1.15 bits per heavy atom. The van der Waals surface area contributed by atoms with Crippen molar-refractivity contribution in [1.82, 2.24) is 9.30 Å². The number of likely N-dealkylation sites (N-methyl/N-ethyl adjacent to an activating group) is 1. The minimum Gasteiger partial charge on any atom is -0.481 e. The molecule has 2 aliphatic rings. The first-order valence-corrected chi connectivity index (χ1v) is 11.8. The Hall–Kier alpha value is -3.15. The molecule has 0 bridgehead atoms. The van der Waals surface area contributed by atoms with Gasteiger partial charge < -0.3 is 14.4 Å². The molecule has 0 aliphatic heterocycles. The van der Waals surface area contributed by atoms with E-state index < -0.39 is 11.4 Å². The predicted octanol–water partition coefficient (Wildman–Crippen LogP) is 4.53. The lowest BCUT2D eigenvalue weighted by atomic mass is 9.77. The van der Waals surface area contributed by atoms with Crippen LogP contribution in [-0.4, -0.2) is 39.4 Å². The van der Waals surface area contributed by atoms with Crippen molar-refractivity contribution in [3.63, 3.8) is 0 Å². The molecule has 2 aromatic heterocycles. The van der Waals surface area contributed by atoms with E-state index in [2.05, 4.69) is 4.40 Å². The minimum absolute atomic E-state index is 0.00988. The first-order valence-electron chi connectivity index (χ1n) is 11.8. The lowest BCUT2D eigenvalue weighted by molar-refractivity contribution is -0.138. The van der Waals surface area contributed by atoms with Gasteiger partial charge in [0, 0.05) is 36.9 Å². The van der Waals surface area contributed by atoms with Gasteiger partial charge in [0.25, 0.3) is 0 Å². The molecule has 1 aromatic carbocycles. The molecule has 1 N–H and O–H groups in total. The van der Waals surface area contributed by atoms with Crippen LogP contribution in [0.3, 0.4) is 0 Å². The molecule has 33 heavy (non-hydrogen) atoms. The van der Waals surface area contributed by atoms with Crippen LogP contribution >= 0.6 is 0 Å². The smallest absolute Gasteiger partial charge is 0.307 e. The molecule has 5 nitrogen and oxygen atoms in total. The number of amides is 1. The number of aliphatic carboxylic acids is 1. The van der Waals surface area contributed by atoms with Gasteiger partial charge in [-0.15, -0.1) is 0 Å². The Bertz CT molecular complexity index is 1210. The van der Waals surface area contributed by atoms with Gasteiger partial charge in [-0.1, -0.05) is 31.0 Å². The average molecular weight is 449 g/mol. The van der Waals surface area contributed by atoms with E-state index >= 15 is 0 Å². The van der Waals surface area contributed by atoms with Crippen molar-refractivity contribution >= 4 is 17.4 Å². The topological polar surface area (TPSA) is 62.0 Å². The predicted molar refractivity (Wildman–Crippen MR) is 124 cm³/mol. The molecule has 6 heteroatoms. The Balaban J connectivity index is 1.46. The molecule has 172 valence electrons. The second-order valence-electron chi connectivity index (χ2n) is 9.54. The van der Waals surface area contributed by atoms with Crippen LogP contribution in [0.5, 0.6) is 0 Å². The summed E-state index contributed by atoms with van der Waals surface area (Å²) in [5, 5.41) is 9.45. The summed E-state index contributed by atoms with van der Waals surface area (Å²) < 4.78 is 15.7. The highest BCUT2D eigenvalue weighted by Crippen LogP contribution is 2.43. The molecular formula is C27H29FN2O3. The molecule has 0 radical (unpaired) electrons. The van der Waals surface area contributed by atoms with Crippen molar-refractivity contribution in [2.45, 2.75) is 62.8 Å². The molecule has 0 saturated heterocycles. The fraction of sp³-hybridized carbons (Fsp3) is 0.407. The van der Waals surface area contributed by atoms with E-state index in [1.54, 1.807) is 12.1 Å². The van der Waals surface area contributed by atoms with Crippen molar-refractivity contribution in [1.29, 1.82) is 0 Å². The highest BCUT2D eigenvalue weighted by Gasteiger charge is 2.46. The molecule has 1 saturated carbocycles. The monoisotopic (exact) mass is 448 g/mol. The second kappa shape index (κ2) is 8.32. The summed E-state index contributed by atoms with van der Waals surface area (Å²) in [5.41, 5.74) is 4.39. The summed E-state index contributed by atoms with van der Waals surface area (Å²) in [6.07, 6.45) is 7.82. The van der Waals surface area contributed by atoms with E-state index in [1.165, 1.54) is 12.1 Å². The third kappa shape index (κ3) is 3.62. The largest absolute Gasteiger partial charge is 0.481 e. The molecule has 1 atom stereocenters. The van der Waals surface area contributed by atoms with Gasteiger partial charge >= 0.3 is 5.97 Å². The zero-order valence-electron chi connectivity index (χ0n) is 18.9. The van der Waals surface area contributed by atoms with Gasteiger partial charge in [-0.3, -0.25) is 9.59 Å². The van der Waals surface area contributed by atoms with Gasteiger partial charge in [-0.05, 0) is 66.6 Å². The summed E-state index contributed by atoms with van der Waals surface area (Å²) in [6.45, 7) is 0. The fourth-order valence-corrected chi connectivity index (χ4v) is 6.11. The number of aromatic nitrogens is 1. The van der Waals surface area contributed by atoms with Crippen LogP contribution in [0, 0.1) is 5.82 Å². The summed E-state index contributed by atoms with van der Waals surface area (Å²) in [4.78, 5) is 27.3. The van der Waals surface area contributed by atoms with Gasteiger partial charge in [-0.25, -0.2) is 4.39 Å². The molecular weight excluding hydrogens is 419 g/mol. The Morgan fingerprint density at radius 3 is 2.58 bits per heavy atom. The van der Waals surface area contributed by atoms with Crippen molar-refractivity contribution in [3.8, 4) is 0 Å². The number of hydrogen-bond acceptors (Lipinski definition) is 2. The van der Waals surface area contributed by atoms with Crippen LogP contribution in [0.25, 0.3) is 5.52 Å². The van der Waals surface area contributed by atoms with Crippen molar-refractivity contribution in [3.05, 3.63) is 76.9 Å². The Kier molecular flexibility index (Phi) is 5.47. The maximum absolute atomic E-state index is 13.9. The van der Waals surface area contributed by atoms with E-state index in [-0.39, 0.29) is 24.2 Å². The third-order valence-corrected chi connectivity index (χ3v) is 7.79. The average Bonchev–Trinajstić information content (AvgIpc) is 3.43. The van der Waals surface area contributed by atoms with Gasteiger partial charge in [0.1, 0.15) is 5.82 Å². The highest BCUT2D eigenvalue weighted by atomic mass is 19.1. The number of carbonyl (C=O) groups is 2. The number of carbonyl (C=O) groups excluding carboxylic acids is 1. The first kappa shape index (κ1) is 21.7. The molecule has 1 amide bonds. The van der Waals surface area contributed by atoms with Gasteiger partial charge in [-0.2, -0.15) is 0 Å². The summed E-state index contributed by atoms with van der Waals surface area (Å²) in [6, 6.07) is 12.3. The van der Waals surface area contributed by atoms with Crippen LogP contribution < -0.4 is 0 Å². The van der Waals surface area contributed by atoms with Crippen LogP contribution in [0.4, 0.5) is 4.39 Å². The number of rotatable bonds is 5. The van der Waals surface area contributed by atoms with Gasteiger partial charge in [0.05, 0.1) is 11.8 Å². The molecule has 2 heterocycles. The van der Waals surface area contributed by atoms with E-state index in [0.717, 1.165) is 66.4 Å². The number of nitrogens with zero attached hydrogens (tertiary/aromatic N) is 2. The number of fused-ring (bicyclic) bond motifs is 3. The van der Waals surface area contributed by atoms with E-state index in [9.17, 15) is 19.1 Å². The fourth-order valence-electron chi connectivity index (χ4n) is 6.11. The quantitative estimate of drug-likeness (QED) is 0.624. The number of hydrogen-bond donors (Lipinski definition) is 1. The summed E-state index contributed by atoms with van der Waals surface area (Å²) in [7, 11) is 1.90. The Morgan fingerprint density at radius 2 is 1.88 bits per heavy atom. The number of benzene rings is 1. The molecule has 3 aromatic rings. The zero-order valence-corrected chi connectivity index (χ0v) is 18.9. The normalized spacial score (nSPS) is 19.4. The van der Waals surface area contributed by atoms with Crippen molar-refractivity contribution in [2.75, 3.05) is 7.05 Å². The van der Waals surface area contributed by atoms with Crippen LogP contribution in [0.15, 0.2) is 48.7 Å². The SMILES string of the molecule is CN(C(=O)C1(c2ccc(F)cc2)CCCC1)[C@@H]1CCc2c(CC(=O)O)c3ccccn3c2C1.